The number of carboxylic acids is 1. The largest absolute Gasteiger partial charge is 0.545 e. The van der Waals surface area contributed by atoms with Crippen molar-refractivity contribution < 1.29 is 14.7 Å². The van der Waals surface area contributed by atoms with Crippen molar-refractivity contribution >= 4 is 12.3 Å². The zero-order valence-electron chi connectivity index (χ0n) is 8.92. The first-order valence-electron chi connectivity index (χ1n) is 5.08. The number of hydrogen-bond acceptors (Lipinski definition) is 3. The topological polar surface area (TPSA) is 57.2 Å². The fourth-order valence-electron chi connectivity index (χ4n) is 1.59. The molecule has 2 aromatic carbocycles. The number of carboxylic acid groups (broad SMARTS) is 1. The monoisotopic (exact) mass is 225 g/mol. The predicted molar refractivity (Wildman–Crippen MR) is 61.6 cm³/mol. The van der Waals surface area contributed by atoms with Crippen LogP contribution in [0.2, 0.25) is 0 Å². The average molecular weight is 225 g/mol. The van der Waals surface area contributed by atoms with Gasteiger partial charge in [0, 0.05) is 5.56 Å². The van der Waals surface area contributed by atoms with Gasteiger partial charge < -0.3 is 9.90 Å². The second-order valence-electron chi connectivity index (χ2n) is 3.61. The van der Waals surface area contributed by atoms with Crippen molar-refractivity contribution in [2.24, 2.45) is 0 Å². The van der Waals surface area contributed by atoms with Crippen molar-refractivity contribution in [3.8, 4) is 11.1 Å². The Kier molecular flexibility index (Phi) is 3.01. The highest BCUT2D eigenvalue weighted by Gasteiger charge is 1.99. The van der Waals surface area contributed by atoms with E-state index in [1.165, 1.54) is 12.1 Å². The average Bonchev–Trinajstić information content (AvgIpc) is 2.39. The first-order valence-corrected chi connectivity index (χ1v) is 5.08. The van der Waals surface area contributed by atoms with E-state index in [0.717, 1.165) is 17.4 Å². The van der Waals surface area contributed by atoms with E-state index in [4.69, 9.17) is 0 Å². The molecule has 0 unspecified atom stereocenters. The molecule has 2 aromatic rings. The number of rotatable bonds is 3. The lowest BCUT2D eigenvalue weighted by Crippen LogP contribution is -2.21. The van der Waals surface area contributed by atoms with E-state index in [1.807, 2.05) is 6.07 Å². The number of aromatic carboxylic acids is 1. The fourth-order valence-corrected chi connectivity index (χ4v) is 1.59. The van der Waals surface area contributed by atoms with Gasteiger partial charge in [-0.1, -0.05) is 42.5 Å². The summed E-state index contributed by atoms with van der Waals surface area (Å²) in [6, 6.07) is 13.5. The van der Waals surface area contributed by atoms with Crippen molar-refractivity contribution in [1.82, 2.24) is 0 Å². The Balaban J connectivity index is 2.39. The third-order valence-corrected chi connectivity index (χ3v) is 2.48. The van der Waals surface area contributed by atoms with E-state index in [9.17, 15) is 14.7 Å². The van der Waals surface area contributed by atoms with Crippen LogP contribution < -0.4 is 5.11 Å². The molecule has 2 rings (SSSR count). The molecule has 0 aliphatic rings. The van der Waals surface area contributed by atoms with Gasteiger partial charge in [0.25, 0.3) is 0 Å². The lowest BCUT2D eigenvalue weighted by atomic mass is 10.0. The van der Waals surface area contributed by atoms with Crippen LogP contribution in [-0.2, 0) is 0 Å². The maximum absolute atomic E-state index is 10.6. The van der Waals surface area contributed by atoms with Gasteiger partial charge in [0.15, 0.2) is 0 Å². The third-order valence-electron chi connectivity index (χ3n) is 2.48. The molecular weight excluding hydrogens is 216 g/mol. The lowest BCUT2D eigenvalue weighted by Gasteiger charge is -2.05. The number of aldehydes is 1. The minimum Gasteiger partial charge on any atom is -0.545 e. The summed E-state index contributed by atoms with van der Waals surface area (Å²) in [5.41, 5.74) is 2.46. The van der Waals surface area contributed by atoms with Gasteiger partial charge in [-0.05, 0) is 22.8 Å². The Bertz CT molecular complexity index is 556. The quantitative estimate of drug-likeness (QED) is 0.744. The molecule has 0 spiro atoms. The smallest absolute Gasteiger partial charge is 0.150 e. The summed E-state index contributed by atoms with van der Waals surface area (Å²) in [5.74, 6) is -1.20. The first kappa shape index (κ1) is 11.1. The van der Waals surface area contributed by atoms with E-state index >= 15 is 0 Å². The van der Waals surface area contributed by atoms with Gasteiger partial charge in [-0.15, -0.1) is 0 Å². The molecule has 0 radical (unpaired) electrons. The Morgan fingerprint density at radius 1 is 1.00 bits per heavy atom. The molecule has 0 atom stereocenters. The van der Waals surface area contributed by atoms with Crippen LogP contribution in [0.25, 0.3) is 11.1 Å². The zero-order chi connectivity index (χ0) is 12.3. The predicted octanol–water partition coefficient (Wildman–Crippen LogP) is 1.53. The van der Waals surface area contributed by atoms with Gasteiger partial charge in [-0.2, -0.15) is 0 Å². The maximum Gasteiger partial charge on any atom is 0.150 e. The number of hydrogen-bond donors (Lipinski definition) is 0. The summed E-state index contributed by atoms with van der Waals surface area (Å²) in [4.78, 5) is 21.2. The molecule has 0 bridgehead atoms. The Labute approximate surface area is 98.3 Å². The van der Waals surface area contributed by atoms with Crippen LogP contribution in [0.5, 0.6) is 0 Å². The van der Waals surface area contributed by atoms with Crippen molar-refractivity contribution in [2.75, 3.05) is 0 Å². The molecule has 0 N–H and O–H groups in total. The second kappa shape index (κ2) is 4.61. The van der Waals surface area contributed by atoms with Crippen LogP contribution >= 0.6 is 0 Å². The number of benzene rings is 2. The van der Waals surface area contributed by atoms with Gasteiger partial charge in [0.05, 0.1) is 5.97 Å². The van der Waals surface area contributed by atoms with Gasteiger partial charge in [0.2, 0.25) is 0 Å². The van der Waals surface area contributed by atoms with Crippen molar-refractivity contribution in [3.05, 3.63) is 59.7 Å². The molecule has 0 fully saturated rings. The molecule has 84 valence electrons. The first-order chi connectivity index (χ1) is 8.20. The minimum absolute atomic E-state index is 0.139. The van der Waals surface area contributed by atoms with Crippen LogP contribution in [-0.4, -0.2) is 12.3 Å². The number of carbonyl (C=O) groups excluding carboxylic acids is 2. The van der Waals surface area contributed by atoms with E-state index in [2.05, 4.69) is 0 Å². The van der Waals surface area contributed by atoms with Crippen molar-refractivity contribution in [2.45, 2.75) is 0 Å². The van der Waals surface area contributed by atoms with Gasteiger partial charge in [0.1, 0.15) is 6.29 Å². The summed E-state index contributed by atoms with van der Waals surface area (Å²) < 4.78 is 0. The van der Waals surface area contributed by atoms with Crippen molar-refractivity contribution in [3.63, 3.8) is 0 Å². The second-order valence-corrected chi connectivity index (χ2v) is 3.61. The summed E-state index contributed by atoms with van der Waals surface area (Å²) in [6.45, 7) is 0. The maximum atomic E-state index is 10.6. The molecular formula is C14H9O3-. The minimum atomic E-state index is -1.20. The van der Waals surface area contributed by atoms with Crippen LogP contribution in [0.15, 0.2) is 48.5 Å². The van der Waals surface area contributed by atoms with E-state index in [0.29, 0.717) is 5.56 Å². The Hall–Kier alpha value is -2.42. The molecule has 17 heavy (non-hydrogen) atoms. The standard InChI is InChI=1S/C14H10O3/c15-9-10-2-1-3-13(8-10)11-4-6-12(7-5-11)14(16)17/h1-9H,(H,16,17)/p-1. The van der Waals surface area contributed by atoms with Crippen LogP contribution in [0.4, 0.5) is 0 Å². The summed E-state index contributed by atoms with van der Waals surface area (Å²) >= 11 is 0. The molecule has 3 nitrogen and oxygen atoms in total. The van der Waals surface area contributed by atoms with Crippen LogP contribution in [0.1, 0.15) is 20.7 Å². The molecule has 0 aliphatic carbocycles. The molecule has 0 aliphatic heterocycles. The fraction of sp³-hybridized carbons (Fsp3) is 0. The van der Waals surface area contributed by atoms with Gasteiger partial charge in [-0.25, -0.2) is 0 Å². The Morgan fingerprint density at radius 3 is 2.29 bits per heavy atom. The number of carbonyl (C=O) groups is 2. The lowest BCUT2D eigenvalue weighted by molar-refractivity contribution is -0.255. The molecule has 0 amide bonds. The van der Waals surface area contributed by atoms with Gasteiger partial charge in [-0.3, -0.25) is 4.79 Å². The summed E-state index contributed by atoms with van der Waals surface area (Å²) in [6.07, 6.45) is 0.777. The van der Waals surface area contributed by atoms with Crippen molar-refractivity contribution in [1.29, 1.82) is 0 Å². The summed E-state index contributed by atoms with van der Waals surface area (Å²) in [5, 5.41) is 10.6. The van der Waals surface area contributed by atoms with Crippen LogP contribution in [0, 0.1) is 0 Å². The Morgan fingerprint density at radius 2 is 1.71 bits per heavy atom. The normalized spacial score (nSPS) is 9.88. The molecule has 0 saturated heterocycles. The molecule has 0 saturated carbocycles. The SMILES string of the molecule is O=Cc1cccc(-c2ccc(C(=O)[O-])cc2)c1. The van der Waals surface area contributed by atoms with E-state index < -0.39 is 5.97 Å². The highest BCUT2D eigenvalue weighted by atomic mass is 16.4. The highest BCUT2D eigenvalue weighted by Crippen LogP contribution is 2.20. The highest BCUT2D eigenvalue weighted by molar-refractivity contribution is 5.87. The summed E-state index contributed by atoms with van der Waals surface area (Å²) in [7, 11) is 0. The van der Waals surface area contributed by atoms with E-state index in [1.54, 1.807) is 30.3 Å². The zero-order valence-corrected chi connectivity index (χ0v) is 8.92. The third kappa shape index (κ3) is 2.39. The van der Waals surface area contributed by atoms with Gasteiger partial charge >= 0.3 is 0 Å². The van der Waals surface area contributed by atoms with Crippen LogP contribution in [0.3, 0.4) is 0 Å². The van der Waals surface area contributed by atoms with E-state index in [-0.39, 0.29) is 5.56 Å². The molecule has 0 heterocycles. The molecule has 0 aromatic heterocycles. The molecule has 3 heteroatoms.